The topological polar surface area (TPSA) is 71.2 Å². The first kappa shape index (κ1) is 24.4. The van der Waals surface area contributed by atoms with Gasteiger partial charge in [-0.25, -0.2) is 18.7 Å². The third kappa shape index (κ3) is 4.61. The predicted molar refractivity (Wildman–Crippen MR) is 140 cm³/mol. The van der Waals surface area contributed by atoms with Crippen molar-refractivity contribution in [2.45, 2.75) is 38.5 Å². The van der Waals surface area contributed by atoms with Gasteiger partial charge in [-0.1, -0.05) is 26.0 Å². The smallest absolute Gasteiger partial charge is 0.266 e. The lowest BCUT2D eigenvalue weighted by Gasteiger charge is -2.39. The Balaban J connectivity index is 1.47. The Bertz CT molecular complexity index is 1390. The minimum atomic E-state index is -0.415. The van der Waals surface area contributed by atoms with E-state index in [1.54, 1.807) is 17.8 Å². The number of nitrogens with zero attached hydrogens (tertiary/aromatic N) is 6. The first-order valence-electron chi connectivity index (χ1n) is 11.9. The second kappa shape index (κ2) is 10.0. The second-order valence-electron chi connectivity index (χ2n) is 9.36. The van der Waals surface area contributed by atoms with Gasteiger partial charge in [-0.05, 0) is 47.7 Å². The SMILES string of the molecule is CSCc1ccc(-c2cc(F)cc3c(N4CCN(c5noc(C(C)C)n5)[C@H](C)C4)ncnc23)cc1F. The molecule has 1 saturated heterocycles. The second-order valence-corrected chi connectivity index (χ2v) is 10.2. The van der Waals surface area contributed by atoms with Gasteiger partial charge in [0, 0.05) is 48.3 Å². The maximum Gasteiger partial charge on any atom is 0.266 e. The van der Waals surface area contributed by atoms with Crippen molar-refractivity contribution in [2.75, 3.05) is 35.7 Å². The van der Waals surface area contributed by atoms with E-state index < -0.39 is 5.82 Å². The molecule has 2 aromatic heterocycles. The van der Waals surface area contributed by atoms with E-state index in [9.17, 15) is 8.78 Å². The van der Waals surface area contributed by atoms with E-state index in [1.165, 1.54) is 24.5 Å². The molecule has 0 amide bonds. The summed E-state index contributed by atoms with van der Waals surface area (Å²) in [6.07, 6.45) is 3.42. The zero-order valence-electron chi connectivity index (χ0n) is 20.7. The predicted octanol–water partition coefficient (Wildman–Crippen LogP) is 5.66. The van der Waals surface area contributed by atoms with Crippen molar-refractivity contribution in [3.8, 4) is 11.1 Å². The zero-order chi connectivity index (χ0) is 25.4. The first-order chi connectivity index (χ1) is 17.4. The molecule has 5 rings (SSSR count). The van der Waals surface area contributed by atoms with Crippen LogP contribution in [-0.4, -0.2) is 52.0 Å². The van der Waals surface area contributed by atoms with E-state index >= 15 is 0 Å². The number of anilines is 2. The molecule has 1 fully saturated rings. The lowest BCUT2D eigenvalue weighted by molar-refractivity contribution is 0.363. The number of rotatable bonds is 6. The fourth-order valence-corrected chi connectivity index (χ4v) is 5.15. The van der Waals surface area contributed by atoms with E-state index in [2.05, 4.69) is 36.8 Å². The molecule has 3 heterocycles. The number of benzene rings is 2. The van der Waals surface area contributed by atoms with Crippen LogP contribution < -0.4 is 9.80 Å². The molecule has 188 valence electrons. The zero-order valence-corrected chi connectivity index (χ0v) is 21.5. The summed E-state index contributed by atoms with van der Waals surface area (Å²) in [6.45, 7) is 8.06. The third-order valence-corrected chi connectivity index (χ3v) is 7.05. The number of thioether (sulfide) groups is 1. The molecule has 1 aliphatic rings. The highest BCUT2D eigenvalue weighted by molar-refractivity contribution is 7.97. The van der Waals surface area contributed by atoms with E-state index in [1.807, 2.05) is 26.2 Å². The molecule has 0 radical (unpaired) electrons. The van der Waals surface area contributed by atoms with Gasteiger partial charge >= 0.3 is 0 Å². The molecule has 0 saturated carbocycles. The van der Waals surface area contributed by atoms with Crippen molar-refractivity contribution in [2.24, 2.45) is 0 Å². The van der Waals surface area contributed by atoms with Crippen LogP contribution in [-0.2, 0) is 5.75 Å². The van der Waals surface area contributed by atoms with Crippen LogP contribution in [0.1, 0.15) is 38.1 Å². The average Bonchev–Trinajstić information content (AvgIpc) is 3.35. The van der Waals surface area contributed by atoms with Crippen LogP contribution in [0.15, 0.2) is 41.2 Å². The lowest BCUT2D eigenvalue weighted by Crippen LogP contribution is -2.52. The summed E-state index contributed by atoms with van der Waals surface area (Å²) in [5.74, 6) is 1.87. The largest absolute Gasteiger partial charge is 0.352 e. The molecule has 10 heteroatoms. The summed E-state index contributed by atoms with van der Waals surface area (Å²) >= 11 is 1.55. The number of halogens is 2. The van der Waals surface area contributed by atoms with Gasteiger partial charge in [0.1, 0.15) is 23.8 Å². The van der Waals surface area contributed by atoms with E-state index in [0.717, 1.165) is 0 Å². The molecule has 0 unspecified atom stereocenters. The normalized spacial score (nSPS) is 16.4. The molecule has 36 heavy (non-hydrogen) atoms. The number of aromatic nitrogens is 4. The lowest BCUT2D eigenvalue weighted by atomic mass is 10.00. The molecule has 7 nitrogen and oxygen atoms in total. The van der Waals surface area contributed by atoms with E-state index in [0.29, 0.717) is 70.6 Å². The Labute approximate surface area is 212 Å². The minimum absolute atomic E-state index is 0.0764. The molecular formula is C26H28F2N6OS. The highest BCUT2D eigenvalue weighted by atomic mass is 32.2. The summed E-state index contributed by atoms with van der Waals surface area (Å²) < 4.78 is 34.9. The van der Waals surface area contributed by atoms with Crippen LogP contribution in [0.4, 0.5) is 20.5 Å². The van der Waals surface area contributed by atoms with Crippen molar-refractivity contribution in [1.29, 1.82) is 0 Å². The molecular weight excluding hydrogens is 482 g/mol. The van der Waals surface area contributed by atoms with E-state index in [-0.39, 0.29) is 17.8 Å². The molecule has 0 spiro atoms. The number of hydrogen-bond donors (Lipinski definition) is 0. The van der Waals surface area contributed by atoms with Crippen LogP contribution in [0.3, 0.4) is 0 Å². The molecule has 1 atom stereocenters. The highest BCUT2D eigenvalue weighted by Gasteiger charge is 2.29. The summed E-state index contributed by atoms with van der Waals surface area (Å²) in [6, 6.07) is 7.97. The van der Waals surface area contributed by atoms with Crippen LogP contribution in [0.2, 0.25) is 0 Å². The third-order valence-electron chi connectivity index (χ3n) is 6.46. The fraction of sp³-hybridized carbons (Fsp3) is 0.385. The van der Waals surface area contributed by atoms with Crippen LogP contribution in [0, 0.1) is 11.6 Å². The maximum absolute atomic E-state index is 14.9. The standard InChI is InChI=1S/C26H28F2N6OS/c1-15(2)25-31-26(32-35-25)34-8-7-33(12-16(34)3)24-21-11-19(27)10-20(23(21)29-14-30-24)17-5-6-18(13-36-4)22(28)9-17/h5-6,9-11,14-16H,7-8,12-13H2,1-4H3/t16-/m1/s1. The Morgan fingerprint density at radius 1 is 1.14 bits per heavy atom. The van der Waals surface area contributed by atoms with Crippen molar-refractivity contribution in [1.82, 2.24) is 20.1 Å². The quantitative estimate of drug-likeness (QED) is 0.329. The molecule has 2 aromatic carbocycles. The van der Waals surface area contributed by atoms with Gasteiger partial charge in [0.2, 0.25) is 5.89 Å². The van der Waals surface area contributed by atoms with Gasteiger partial charge in [0.15, 0.2) is 0 Å². The van der Waals surface area contributed by atoms with Crippen LogP contribution in [0.25, 0.3) is 22.0 Å². The first-order valence-corrected chi connectivity index (χ1v) is 13.3. The van der Waals surface area contributed by atoms with Crippen LogP contribution >= 0.6 is 11.8 Å². The number of piperazine rings is 1. The number of hydrogen-bond acceptors (Lipinski definition) is 8. The summed E-state index contributed by atoms with van der Waals surface area (Å²) in [7, 11) is 0. The van der Waals surface area contributed by atoms with Crippen molar-refractivity contribution in [3.05, 3.63) is 59.7 Å². The van der Waals surface area contributed by atoms with Gasteiger partial charge < -0.3 is 14.3 Å². The molecule has 0 aliphatic carbocycles. The monoisotopic (exact) mass is 510 g/mol. The highest BCUT2D eigenvalue weighted by Crippen LogP contribution is 2.34. The average molecular weight is 511 g/mol. The van der Waals surface area contributed by atoms with Crippen molar-refractivity contribution in [3.63, 3.8) is 0 Å². The van der Waals surface area contributed by atoms with Gasteiger partial charge in [-0.2, -0.15) is 16.7 Å². The molecule has 0 N–H and O–H groups in total. The van der Waals surface area contributed by atoms with Gasteiger partial charge in [0.05, 0.1) is 5.52 Å². The summed E-state index contributed by atoms with van der Waals surface area (Å²) in [5, 5.41) is 4.76. The van der Waals surface area contributed by atoms with Gasteiger partial charge in [-0.3, -0.25) is 0 Å². The van der Waals surface area contributed by atoms with Crippen molar-refractivity contribution < 1.29 is 13.3 Å². The molecule has 0 bridgehead atoms. The number of fused-ring (bicyclic) bond motifs is 1. The maximum atomic E-state index is 14.9. The van der Waals surface area contributed by atoms with Crippen molar-refractivity contribution >= 4 is 34.4 Å². The van der Waals surface area contributed by atoms with Crippen LogP contribution in [0.5, 0.6) is 0 Å². The van der Waals surface area contributed by atoms with Gasteiger partial charge in [-0.15, -0.1) is 0 Å². The fourth-order valence-electron chi connectivity index (χ4n) is 4.60. The van der Waals surface area contributed by atoms with E-state index in [4.69, 9.17) is 4.52 Å². The summed E-state index contributed by atoms with van der Waals surface area (Å²) in [5.41, 5.74) is 2.34. The Kier molecular flexibility index (Phi) is 6.79. The molecule has 4 aromatic rings. The molecule has 1 aliphatic heterocycles. The Morgan fingerprint density at radius 3 is 2.67 bits per heavy atom. The Hall–Kier alpha value is -3.27. The minimum Gasteiger partial charge on any atom is -0.352 e. The van der Waals surface area contributed by atoms with Gasteiger partial charge in [0.25, 0.3) is 5.95 Å². The summed E-state index contributed by atoms with van der Waals surface area (Å²) in [4.78, 5) is 17.8. The Morgan fingerprint density at radius 2 is 1.97 bits per heavy atom.